The Morgan fingerprint density at radius 2 is 2.16 bits per heavy atom. The molecule has 1 aromatic rings. The van der Waals surface area contributed by atoms with Gasteiger partial charge in [0.05, 0.1) is 10.2 Å². The smallest absolute Gasteiger partial charge is 0.350 e. The lowest BCUT2D eigenvalue weighted by molar-refractivity contribution is 0.0244. The highest BCUT2D eigenvalue weighted by atomic mass is 127. The number of hydrogen-bond acceptors (Lipinski definition) is 6. The summed E-state index contributed by atoms with van der Waals surface area (Å²) in [5.41, 5.74) is 4.27. The average molecular weight is 383 g/mol. The van der Waals surface area contributed by atoms with Crippen molar-refractivity contribution in [3.8, 4) is 0 Å². The van der Waals surface area contributed by atoms with Crippen LogP contribution in [-0.2, 0) is 0 Å². The summed E-state index contributed by atoms with van der Waals surface area (Å²) in [5.74, 6) is -0.936. The van der Waals surface area contributed by atoms with Crippen molar-refractivity contribution < 1.29 is 19.7 Å². The third-order valence-electron chi connectivity index (χ3n) is 2.97. The second-order valence-corrected chi connectivity index (χ2v) is 5.24. The van der Waals surface area contributed by atoms with Gasteiger partial charge >= 0.3 is 5.69 Å². The molecule has 0 amide bonds. The Bertz CT molecular complexity index is 603. The van der Waals surface area contributed by atoms with Crippen molar-refractivity contribution in [3.63, 3.8) is 0 Å². The van der Waals surface area contributed by atoms with Crippen LogP contribution < -0.4 is 11.4 Å². The lowest BCUT2D eigenvalue weighted by atomic mass is 10.1. The van der Waals surface area contributed by atoms with Gasteiger partial charge in [0.1, 0.15) is 29.9 Å². The molecule has 9 heteroatoms. The van der Waals surface area contributed by atoms with Gasteiger partial charge in [-0.05, 0) is 22.6 Å². The van der Waals surface area contributed by atoms with Crippen molar-refractivity contribution in [2.45, 2.75) is 18.2 Å². The van der Waals surface area contributed by atoms with E-state index in [1.165, 1.54) is 6.20 Å². The number of aliphatic hydroxyl groups is 3. The van der Waals surface area contributed by atoms with Crippen LogP contribution in [0.3, 0.4) is 0 Å². The molecule has 0 aromatic carbocycles. The summed E-state index contributed by atoms with van der Waals surface area (Å²) in [6.07, 6.45) is -1.88. The highest BCUT2D eigenvalue weighted by Gasteiger charge is 2.43. The predicted molar refractivity (Wildman–Crippen MR) is 71.9 cm³/mol. The molecule has 0 fully saturated rings. The van der Waals surface area contributed by atoms with E-state index >= 15 is 0 Å². The second-order valence-electron chi connectivity index (χ2n) is 4.08. The van der Waals surface area contributed by atoms with Gasteiger partial charge in [-0.1, -0.05) is 0 Å². The minimum atomic E-state index is -1.57. The zero-order chi connectivity index (χ0) is 14.3. The maximum atomic E-state index is 14.0. The second kappa shape index (κ2) is 5.15. The van der Waals surface area contributed by atoms with Crippen molar-refractivity contribution in [2.75, 3.05) is 12.3 Å². The normalized spacial score (nSPS) is 27.1. The van der Waals surface area contributed by atoms with Gasteiger partial charge in [-0.15, -0.1) is 0 Å². The number of nitrogens with zero attached hydrogens (tertiary/aromatic N) is 2. The number of aliphatic hydroxyl groups excluding tert-OH is 3. The summed E-state index contributed by atoms with van der Waals surface area (Å²) < 4.78 is 15.3. The topological polar surface area (TPSA) is 122 Å². The van der Waals surface area contributed by atoms with E-state index in [9.17, 15) is 19.4 Å². The Morgan fingerprint density at radius 3 is 2.68 bits per heavy atom. The Morgan fingerprint density at radius 1 is 1.53 bits per heavy atom. The maximum absolute atomic E-state index is 14.0. The van der Waals surface area contributed by atoms with Crippen molar-refractivity contribution in [1.82, 2.24) is 9.55 Å². The minimum absolute atomic E-state index is 0.00153. The van der Waals surface area contributed by atoms with Crippen LogP contribution in [0.25, 0.3) is 0 Å². The minimum Gasteiger partial charge on any atom is -0.392 e. The van der Waals surface area contributed by atoms with E-state index in [0.717, 1.165) is 4.57 Å². The van der Waals surface area contributed by atoms with Gasteiger partial charge < -0.3 is 21.1 Å². The average Bonchev–Trinajstić information content (AvgIpc) is 2.56. The Kier molecular flexibility index (Phi) is 3.90. The van der Waals surface area contributed by atoms with Crippen molar-refractivity contribution >= 4 is 28.4 Å². The molecular weight excluding hydrogens is 372 g/mol. The fourth-order valence-electron chi connectivity index (χ4n) is 1.97. The molecule has 0 radical (unpaired) electrons. The molecule has 0 saturated carbocycles. The lowest BCUT2D eigenvalue weighted by Gasteiger charge is -2.19. The predicted octanol–water partition coefficient (Wildman–Crippen LogP) is -1.08. The number of nitrogens with two attached hydrogens (primary N) is 1. The quantitative estimate of drug-likeness (QED) is 0.483. The molecule has 104 valence electrons. The van der Waals surface area contributed by atoms with E-state index < -0.39 is 36.4 Å². The summed E-state index contributed by atoms with van der Waals surface area (Å²) in [6.45, 7) is -0.741. The fraction of sp³-hybridized carbons (Fsp3) is 0.400. The molecule has 7 nitrogen and oxygen atoms in total. The number of rotatable bonds is 2. The zero-order valence-electron chi connectivity index (χ0n) is 9.49. The maximum Gasteiger partial charge on any atom is 0.350 e. The van der Waals surface area contributed by atoms with Gasteiger partial charge in [-0.3, -0.25) is 4.57 Å². The van der Waals surface area contributed by atoms with Crippen LogP contribution >= 0.6 is 22.6 Å². The lowest BCUT2D eigenvalue weighted by Crippen LogP contribution is -2.36. The summed E-state index contributed by atoms with van der Waals surface area (Å²) in [5, 5.41) is 28.4. The van der Waals surface area contributed by atoms with E-state index in [1.54, 1.807) is 0 Å². The zero-order valence-corrected chi connectivity index (χ0v) is 11.7. The Hall–Kier alpha value is -1.04. The summed E-state index contributed by atoms with van der Waals surface area (Å²) in [7, 11) is 0. The summed E-state index contributed by atoms with van der Waals surface area (Å²) in [4.78, 5) is 15.2. The summed E-state index contributed by atoms with van der Waals surface area (Å²) >= 11 is 1.81. The van der Waals surface area contributed by atoms with E-state index in [1.807, 2.05) is 22.6 Å². The van der Waals surface area contributed by atoms with Crippen LogP contribution in [-0.4, -0.2) is 43.7 Å². The van der Waals surface area contributed by atoms with Gasteiger partial charge in [0, 0.05) is 11.8 Å². The molecule has 5 N–H and O–H groups in total. The van der Waals surface area contributed by atoms with Gasteiger partial charge in [-0.2, -0.15) is 4.98 Å². The standard InChI is InChI=1S/C10H11FIN3O4/c11-5-3(2-16)7(17)8(18)6(5)15-1-4(12)9(13)14-10(15)19/h1,6-8,16-18H,2H2,(H2,13,14,19). The number of halogens is 2. The SMILES string of the molecule is Nc1nc(=O)n(C2C(F)=C(CO)C(O)C2O)cc1I. The molecule has 0 saturated heterocycles. The highest BCUT2D eigenvalue weighted by molar-refractivity contribution is 14.1. The molecular formula is C10H11FIN3O4. The van der Waals surface area contributed by atoms with E-state index in [4.69, 9.17) is 10.8 Å². The molecule has 0 aliphatic heterocycles. The van der Waals surface area contributed by atoms with Gasteiger partial charge in [-0.25, -0.2) is 9.18 Å². The third kappa shape index (κ3) is 2.26. The first-order valence-electron chi connectivity index (χ1n) is 5.28. The molecule has 2 rings (SSSR count). The monoisotopic (exact) mass is 383 g/mol. The van der Waals surface area contributed by atoms with Crippen molar-refractivity contribution in [2.24, 2.45) is 0 Å². The number of nitrogen functional groups attached to an aromatic ring is 1. The van der Waals surface area contributed by atoms with Gasteiger partial charge in [0.2, 0.25) is 0 Å². The molecule has 3 atom stereocenters. The number of hydrogen-bond donors (Lipinski definition) is 4. The fourth-order valence-corrected chi connectivity index (χ4v) is 2.39. The highest BCUT2D eigenvalue weighted by Crippen LogP contribution is 2.36. The van der Waals surface area contributed by atoms with Crippen LogP contribution in [0, 0.1) is 3.57 Å². The Labute approximate surface area is 120 Å². The molecule has 1 heterocycles. The Balaban J connectivity index is 2.57. The molecule has 1 aromatic heterocycles. The van der Waals surface area contributed by atoms with E-state index in [2.05, 4.69) is 4.98 Å². The number of anilines is 1. The van der Waals surface area contributed by atoms with Crippen molar-refractivity contribution in [3.05, 3.63) is 31.7 Å². The van der Waals surface area contributed by atoms with Crippen LogP contribution in [0.5, 0.6) is 0 Å². The van der Waals surface area contributed by atoms with Crippen LogP contribution in [0.15, 0.2) is 22.4 Å². The van der Waals surface area contributed by atoms with Gasteiger partial charge in [0.15, 0.2) is 0 Å². The van der Waals surface area contributed by atoms with Crippen LogP contribution in [0.1, 0.15) is 6.04 Å². The van der Waals surface area contributed by atoms with Crippen LogP contribution in [0.2, 0.25) is 0 Å². The first kappa shape index (κ1) is 14.4. The third-order valence-corrected chi connectivity index (χ3v) is 3.81. The molecule has 1 aliphatic carbocycles. The molecule has 3 unspecified atom stereocenters. The number of aromatic nitrogens is 2. The van der Waals surface area contributed by atoms with Gasteiger partial charge in [0.25, 0.3) is 0 Å². The van der Waals surface area contributed by atoms with E-state index in [-0.39, 0.29) is 11.4 Å². The largest absolute Gasteiger partial charge is 0.392 e. The van der Waals surface area contributed by atoms with E-state index in [0.29, 0.717) is 3.57 Å². The summed E-state index contributed by atoms with van der Waals surface area (Å²) in [6, 6.07) is -1.41. The first-order chi connectivity index (χ1) is 8.88. The van der Waals surface area contributed by atoms with Crippen LogP contribution in [0.4, 0.5) is 10.2 Å². The molecule has 1 aliphatic rings. The van der Waals surface area contributed by atoms with Crippen molar-refractivity contribution in [1.29, 1.82) is 0 Å². The molecule has 0 bridgehead atoms. The molecule has 19 heavy (non-hydrogen) atoms. The first-order valence-corrected chi connectivity index (χ1v) is 6.36. The molecule has 0 spiro atoms.